The van der Waals surface area contributed by atoms with E-state index in [0.717, 1.165) is 39.5 Å². The first kappa shape index (κ1) is 21.6. The van der Waals surface area contributed by atoms with Gasteiger partial charge < -0.3 is 9.40 Å². The zero-order valence-electron chi connectivity index (χ0n) is 18.9. The molecule has 0 fully saturated rings. The van der Waals surface area contributed by atoms with Gasteiger partial charge in [0.2, 0.25) is 0 Å². The Morgan fingerprint density at radius 3 is 2.38 bits per heavy atom. The minimum absolute atomic E-state index is 0.248. The standard InChI is InChI=1S/C28H27FN2O/c1-19-8-7-11-26(16-19)31-22(4)27(17-28(31)23-12-14-25(29)15-13-23)21(3)30-32-18-24-10-6-5-9-20(24)2/h5-17H,18H2,1-4H3/b30-21-. The SMILES string of the molecule is C/C(=N/OCc1ccccc1C)c1cc(-c2ccc(F)cc2)n(-c2cccc(C)c2)c1C. The van der Waals surface area contributed by atoms with Crippen LogP contribution in [0.25, 0.3) is 16.9 Å². The van der Waals surface area contributed by atoms with E-state index in [-0.39, 0.29) is 5.82 Å². The summed E-state index contributed by atoms with van der Waals surface area (Å²) in [4.78, 5) is 5.70. The van der Waals surface area contributed by atoms with Crippen LogP contribution in [0.15, 0.2) is 84.0 Å². The molecule has 3 aromatic carbocycles. The third kappa shape index (κ3) is 4.50. The highest BCUT2D eigenvalue weighted by molar-refractivity contribution is 6.01. The Morgan fingerprint density at radius 1 is 0.906 bits per heavy atom. The highest BCUT2D eigenvalue weighted by atomic mass is 19.1. The van der Waals surface area contributed by atoms with Crippen LogP contribution in [0.3, 0.4) is 0 Å². The first-order valence-electron chi connectivity index (χ1n) is 10.7. The number of rotatable bonds is 6. The molecule has 0 aliphatic carbocycles. The fraction of sp³-hybridized carbons (Fsp3) is 0.179. The van der Waals surface area contributed by atoms with Gasteiger partial charge in [0, 0.05) is 16.9 Å². The average molecular weight is 427 g/mol. The van der Waals surface area contributed by atoms with Gasteiger partial charge in [0.05, 0.1) is 11.4 Å². The average Bonchev–Trinajstić information content (AvgIpc) is 3.12. The molecule has 0 saturated carbocycles. The molecule has 32 heavy (non-hydrogen) atoms. The Kier molecular flexibility index (Phi) is 6.22. The molecule has 162 valence electrons. The zero-order chi connectivity index (χ0) is 22.7. The highest BCUT2D eigenvalue weighted by Crippen LogP contribution is 2.30. The van der Waals surface area contributed by atoms with Crippen LogP contribution >= 0.6 is 0 Å². The lowest BCUT2D eigenvalue weighted by atomic mass is 10.1. The van der Waals surface area contributed by atoms with Gasteiger partial charge in [-0.25, -0.2) is 4.39 Å². The van der Waals surface area contributed by atoms with Crippen molar-refractivity contribution in [1.29, 1.82) is 0 Å². The van der Waals surface area contributed by atoms with Gasteiger partial charge in [0.1, 0.15) is 12.4 Å². The molecule has 0 aliphatic heterocycles. The van der Waals surface area contributed by atoms with Crippen molar-refractivity contribution in [3.05, 3.63) is 113 Å². The molecule has 3 nitrogen and oxygen atoms in total. The topological polar surface area (TPSA) is 26.5 Å². The summed E-state index contributed by atoms with van der Waals surface area (Å²) in [5.74, 6) is -0.248. The number of oxime groups is 1. The summed E-state index contributed by atoms with van der Waals surface area (Å²) in [6, 6.07) is 25.2. The number of benzene rings is 3. The third-order valence-electron chi connectivity index (χ3n) is 5.72. The van der Waals surface area contributed by atoms with Crippen LogP contribution in [0.2, 0.25) is 0 Å². The molecule has 0 aliphatic rings. The van der Waals surface area contributed by atoms with Crippen molar-refractivity contribution in [1.82, 2.24) is 4.57 Å². The summed E-state index contributed by atoms with van der Waals surface area (Å²) in [5, 5.41) is 4.41. The first-order valence-corrected chi connectivity index (χ1v) is 10.7. The van der Waals surface area contributed by atoms with E-state index in [1.165, 1.54) is 23.3 Å². The summed E-state index contributed by atoms with van der Waals surface area (Å²) >= 11 is 0. The minimum Gasteiger partial charge on any atom is -0.391 e. The Balaban J connectivity index is 1.73. The van der Waals surface area contributed by atoms with E-state index in [2.05, 4.69) is 60.8 Å². The number of nitrogens with zero attached hydrogens (tertiary/aromatic N) is 2. The normalized spacial score (nSPS) is 11.6. The van der Waals surface area contributed by atoms with E-state index in [9.17, 15) is 4.39 Å². The minimum atomic E-state index is -0.248. The maximum absolute atomic E-state index is 13.6. The van der Waals surface area contributed by atoms with Crippen molar-refractivity contribution in [3.8, 4) is 16.9 Å². The van der Waals surface area contributed by atoms with Crippen LogP contribution in [-0.2, 0) is 11.4 Å². The molecular formula is C28H27FN2O. The van der Waals surface area contributed by atoms with Crippen LogP contribution in [0.5, 0.6) is 0 Å². The summed E-state index contributed by atoms with van der Waals surface area (Å²) in [7, 11) is 0. The van der Waals surface area contributed by atoms with Gasteiger partial charge >= 0.3 is 0 Å². The van der Waals surface area contributed by atoms with Gasteiger partial charge in [0.15, 0.2) is 0 Å². The Morgan fingerprint density at radius 2 is 1.66 bits per heavy atom. The van der Waals surface area contributed by atoms with Crippen molar-refractivity contribution in [2.45, 2.75) is 34.3 Å². The molecule has 4 heteroatoms. The number of hydrogen-bond donors (Lipinski definition) is 0. The summed E-state index contributed by atoms with van der Waals surface area (Å²) < 4.78 is 15.7. The molecule has 0 unspecified atom stereocenters. The molecule has 0 atom stereocenters. The largest absolute Gasteiger partial charge is 0.391 e. The van der Waals surface area contributed by atoms with E-state index in [1.807, 2.05) is 31.2 Å². The maximum Gasteiger partial charge on any atom is 0.142 e. The van der Waals surface area contributed by atoms with Gasteiger partial charge in [-0.05, 0) is 92.4 Å². The smallest absolute Gasteiger partial charge is 0.142 e. The van der Waals surface area contributed by atoms with Crippen LogP contribution in [0, 0.1) is 26.6 Å². The van der Waals surface area contributed by atoms with E-state index >= 15 is 0 Å². The first-order chi connectivity index (χ1) is 15.4. The molecule has 4 rings (SSSR count). The van der Waals surface area contributed by atoms with Crippen LogP contribution in [0.4, 0.5) is 4.39 Å². The molecular weight excluding hydrogens is 399 g/mol. The lowest BCUT2D eigenvalue weighted by Crippen LogP contribution is -2.03. The molecule has 1 aromatic heterocycles. The van der Waals surface area contributed by atoms with Crippen molar-refractivity contribution in [2.75, 3.05) is 0 Å². The van der Waals surface area contributed by atoms with Gasteiger partial charge in [-0.1, -0.05) is 41.6 Å². The van der Waals surface area contributed by atoms with Crippen molar-refractivity contribution < 1.29 is 9.23 Å². The predicted octanol–water partition coefficient (Wildman–Crippen LogP) is 7.15. The van der Waals surface area contributed by atoms with E-state index < -0.39 is 0 Å². The van der Waals surface area contributed by atoms with Crippen molar-refractivity contribution in [2.24, 2.45) is 5.16 Å². The van der Waals surface area contributed by atoms with Crippen molar-refractivity contribution in [3.63, 3.8) is 0 Å². The van der Waals surface area contributed by atoms with Gasteiger partial charge in [0.25, 0.3) is 0 Å². The summed E-state index contributed by atoms with van der Waals surface area (Å²) in [6.07, 6.45) is 0. The van der Waals surface area contributed by atoms with Crippen molar-refractivity contribution >= 4 is 5.71 Å². The molecule has 0 N–H and O–H groups in total. The van der Waals surface area contributed by atoms with Crippen LogP contribution in [-0.4, -0.2) is 10.3 Å². The van der Waals surface area contributed by atoms with E-state index in [0.29, 0.717) is 6.61 Å². The molecule has 0 amide bonds. The van der Waals surface area contributed by atoms with E-state index in [4.69, 9.17) is 4.84 Å². The molecule has 0 bridgehead atoms. The molecule has 4 aromatic rings. The molecule has 1 heterocycles. The van der Waals surface area contributed by atoms with Crippen LogP contribution < -0.4 is 0 Å². The summed E-state index contributed by atoms with van der Waals surface area (Å²) in [5.41, 5.74) is 9.30. The molecule has 0 saturated heterocycles. The second-order valence-corrected chi connectivity index (χ2v) is 8.09. The second kappa shape index (κ2) is 9.23. The number of hydrogen-bond acceptors (Lipinski definition) is 2. The third-order valence-corrected chi connectivity index (χ3v) is 5.72. The molecule has 0 radical (unpaired) electrons. The second-order valence-electron chi connectivity index (χ2n) is 8.09. The summed E-state index contributed by atoms with van der Waals surface area (Å²) in [6.45, 7) is 8.59. The molecule has 0 spiro atoms. The Bertz CT molecular complexity index is 1270. The van der Waals surface area contributed by atoms with Gasteiger partial charge in [-0.3, -0.25) is 0 Å². The van der Waals surface area contributed by atoms with Gasteiger partial charge in [-0.2, -0.15) is 0 Å². The lowest BCUT2D eigenvalue weighted by molar-refractivity contribution is 0.130. The number of aryl methyl sites for hydroxylation is 2. The fourth-order valence-corrected chi connectivity index (χ4v) is 3.93. The fourth-order valence-electron chi connectivity index (χ4n) is 3.93. The Labute approximate surface area is 188 Å². The predicted molar refractivity (Wildman–Crippen MR) is 129 cm³/mol. The maximum atomic E-state index is 13.6. The Hall–Kier alpha value is -3.66. The van der Waals surface area contributed by atoms with E-state index in [1.54, 1.807) is 12.1 Å². The zero-order valence-corrected chi connectivity index (χ0v) is 18.9. The number of halogens is 1. The number of aromatic nitrogens is 1. The lowest BCUT2D eigenvalue weighted by Gasteiger charge is -2.13. The quantitative estimate of drug-likeness (QED) is 0.237. The highest BCUT2D eigenvalue weighted by Gasteiger charge is 2.17. The van der Waals surface area contributed by atoms with Gasteiger partial charge in [-0.15, -0.1) is 0 Å². The van der Waals surface area contributed by atoms with Crippen LogP contribution in [0.1, 0.15) is 34.9 Å². The monoisotopic (exact) mass is 426 g/mol.